The van der Waals surface area contributed by atoms with Gasteiger partial charge in [-0.2, -0.15) is 0 Å². The van der Waals surface area contributed by atoms with Gasteiger partial charge in [-0.15, -0.1) is 0 Å². The van der Waals surface area contributed by atoms with E-state index in [1.807, 2.05) is 11.0 Å². The van der Waals surface area contributed by atoms with Crippen LogP contribution in [0.5, 0.6) is 5.75 Å². The van der Waals surface area contributed by atoms with Crippen LogP contribution < -0.4 is 15.0 Å². The van der Waals surface area contributed by atoms with Crippen LogP contribution in [-0.2, 0) is 4.79 Å². The zero-order chi connectivity index (χ0) is 23.2. The minimum Gasteiger partial charge on any atom is -0.484 e. The van der Waals surface area contributed by atoms with Crippen LogP contribution in [0.15, 0.2) is 66.9 Å². The van der Waals surface area contributed by atoms with Gasteiger partial charge in [-0.1, -0.05) is 29.3 Å². The van der Waals surface area contributed by atoms with Gasteiger partial charge in [0.15, 0.2) is 6.61 Å². The van der Waals surface area contributed by atoms with Crippen LogP contribution in [-0.4, -0.2) is 54.5 Å². The van der Waals surface area contributed by atoms with Crippen molar-refractivity contribution in [3.05, 3.63) is 82.5 Å². The second kappa shape index (κ2) is 10.6. The van der Waals surface area contributed by atoms with Crippen LogP contribution in [0, 0.1) is 0 Å². The molecular formula is C24H22Cl2N4O3. The number of nitrogens with one attached hydrogen (secondary N) is 1. The largest absolute Gasteiger partial charge is 0.484 e. The van der Waals surface area contributed by atoms with E-state index < -0.39 is 0 Å². The second-order valence-electron chi connectivity index (χ2n) is 7.49. The Labute approximate surface area is 201 Å². The molecule has 0 unspecified atom stereocenters. The molecule has 2 aromatic carbocycles. The zero-order valence-electron chi connectivity index (χ0n) is 17.7. The minimum atomic E-state index is -0.285. The number of hydrogen-bond donors (Lipinski definition) is 1. The lowest BCUT2D eigenvalue weighted by Crippen LogP contribution is -2.49. The summed E-state index contributed by atoms with van der Waals surface area (Å²) in [5.74, 6) is 1.05. The number of ether oxygens (including phenoxy) is 1. The third-order valence-electron chi connectivity index (χ3n) is 5.18. The average molecular weight is 485 g/mol. The van der Waals surface area contributed by atoms with E-state index in [1.165, 1.54) is 0 Å². The van der Waals surface area contributed by atoms with Crippen molar-refractivity contribution in [3.8, 4) is 5.75 Å². The predicted molar refractivity (Wildman–Crippen MR) is 129 cm³/mol. The fourth-order valence-electron chi connectivity index (χ4n) is 3.47. The number of pyridine rings is 1. The maximum absolute atomic E-state index is 12.7. The number of amides is 2. The average Bonchev–Trinajstić information content (AvgIpc) is 2.84. The predicted octanol–water partition coefficient (Wildman–Crippen LogP) is 4.37. The van der Waals surface area contributed by atoms with Gasteiger partial charge < -0.3 is 19.9 Å². The molecule has 0 saturated carbocycles. The van der Waals surface area contributed by atoms with Crippen molar-refractivity contribution in [1.82, 2.24) is 9.88 Å². The monoisotopic (exact) mass is 484 g/mol. The first-order chi connectivity index (χ1) is 16.0. The van der Waals surface area contributed by atoms with Crippen LogP contribution in [0.2, 0.25) is 10.0 Å². The van der Waals surface area contributed by atoms with Gasteiger partial charge in [-0.05, 0) is 54.6 Å². The Morgan fingerprint density at radius 1 is 0.939 bits per heavy atom. The van der Waals surface area contributed by atoms with E-state index in [9.17, 15) is 9.59 Å². The number of benzene rings is 2. The molecule has 2 heterocycles. The molecule has 1 fully saturated rings. The van der Waals surface area contributed by atoms with Crippen molar-refractivity contribution in [2.75, 3.05) is 43.0 Å². The van der Waals surface area contributed by atoms with Crippen molar-refractivity contribution in [2.45, 2.75) is 0 Å². The summed E-state index contributed by atoms with van der Waals surface area (Å²) in [6, 6.07) is 17.4. The fraction of sp³-hybridized carbons (Fsp3) is 0.208. The van der Waals surface area contributed by atoms with Gasteiger partial charge in [0.2, 0.25) is 0 Å². The highest BCUT2D eigenvalue weighted by Gasteiger charge is 2.23. The standard InChI is InChI=1S/C24H22Cl2N4O3/c25-18-4-7-21(8-5-18)33-16-23(31)28-20-6-9-22(27-15-20)29-10-12-30(13-11-29)24(32)17-2-1-3-19(26)14-17/h1-9,14-15H,10-13,16H2,(H,28,31). The molecule has 0 atom stereocenters. The number of piperazine rings is 1. The Morgan fingerprint density at radius 3 is 2.36 bits per heavy atom. The summed E-state index contributed by atoms with van der Waals surface area (Å²) in [7, 11) is 0. The van der Waals surface area contributed by atoms with E-state index in [-0.39, 0.29) is 18.4 Å². The molecule has 1 N–H and O–H groups in total. The van der Waals surface area contributed by atoms with Crippen LogP contribution in [0.4, 0.5) is 11.5 Å². The summed E-state index contributed by atoms with van der Waals surface area (Å²) in [5.41, 5.74) is 1.17. The van der Waals surface area contributed by atoms with Crippen molar-refractivity contribution in [2.24, 2.45) is 0 Å². The van der Waals surface area contributed by atoms with Crippen molar-refractivity contribution >= 4 is 46.5 Å². The molecule has 0 bridgehead atoms. The lowest BCUT2D eigenvalue weighted by molar-refractivity contribution is -0.118. The van der Waals surface area contributed by atoms with Crippen molar-refractivity contribution in [3.63, 3.8) is 0 Å². The molecule has 9 heteroatoms. The number of anilines is 2. The number of carbonyl (C=O) groups is 2. The van der Waals surface area contributed by atoms with Gasteiger partial charge >= 0.3 is 0 Å². The third-order valence-corrected chi connectivity index (χ3v) is 5.66. The highest BCUT2D eigenvalue weighted by atomic mass is 35.5. The minimum absolute atomic E-state index is 0.0241. The van der Waals surface area contributed by atoms with Crippen LogP contribution in [0.25, 0.3) is 0 Å². The van der Waals surface area contributed by atoms with E-state index in [4.69, 9.17) is 27.9 Å². The van der Waals surface area contributed by atoms with E-state index in [2.05, 4.69) is 15.2 Å². The van der Waals surface area contributed by atoms with Crippen molar-refractivity contribution in [1.29, 1.82) is 0 Å². The number of nitrogens with zero attached hydrogens (tertiary/aromatic N) is 3. The van der Waals surface area contributed by atoms with E-state index in [1.54, 1.807) is 60.8 Å². The van der Waals surface area contributed by atoms with Gasteiger partial charge in [0.25, 0.3) is 11.8 Å². The van der Waals surface area contributed by atoms with Gasteiger partial charge in [-0.25, -0.2) is 4.98 Å². The number of rotatable bonds is 6. The molecule has 33 heavy (non-hydrogen) atoms. The smallest absolute Gasteiger partial charge is 0.262 e. The molecule has 2 amide bonds. The molecule has 1 aliphatic heterocycles. The summed E-state index contributed by atoms with van der Waals surface area (Å²) < 4.78 is 5.44. The van der Waals surface area contributed by atoms with E-state index in [0.717, 1.165) is 5.82 Å². The van der Waals surface area contributed by atoms with Gasteiger partial charge in [0, 0.05) is 41.8 Å². The van der Waals surface area contributed by atoms with Crippen LogP contribution in [0.1, 0.15) is 10.4 Å². The Hall–Kier alpha value is -3.29. The molecule has 0 radical (unpaired) electrons. The molecule has 4 rings (SSSR count). The molecule has 0 aliphatic carbocycles. The van der Waals surface area contributed by atoms with Crippen molar-refractivity contribution < 1.29 is 14.3 Å². The van der Waals surface area contributed by atoms with E-state index >= 15 is 0 Å². The first-order valence-corrected chi connectivity index (χ1v) is 11.2. The Morgan fingerprint density at radius 2 is 1.70 bits per heavy atom. The fourth-order valence-corrected chi connectivity index (χ4v) is 3.78. The maximum atomic E-state index is 12.7. The molecule has 1 aromatic heterocycles. The van der Waals surface area contributed by atoms with Crippen LogP contribution >= 0.6 is 23.2 Å². The molecular weight excluding hydrogens is 463 g/mol. The summed E-state index contributed by atoms with van der Waals surface area (Å²) in [5, 5.41) is 3.92. The molecule has 3 aromatic rings. The maximum Gasteiger partial charge on any atom is 0.262 e. The Bertz CT molecular complexity index is 1120. The Kier molecular flexibility index (Phi) is 7.32. The second-order valence-corrected chi connectivity index (χ2v) is 8.36. The summed E-state index contributed by atoms with van der Waals surface area (Å²) >= 11 is 11.8. The molecule has 0 spiro atoms. The van der Waals surface area contributed by atoms with Crippen LogP contribution in [0.3, 0.4) is 0 Å². The lowest BCUT2D eigenvalue weighted by Gasteiger charge is -2.35. The number of carbonyl (C=O) groups excluding carboxylic acids is 2. The highest BCUT2D eigenvalue weighted by Crippen LogP contribution is 2.19. The number of halogens is 2. The molecule has 1 aliphatic rings. The van der Waals surface area contributed by atoms with Gasteiger partial charge in [0.05, 0.1) is 11.9 Å². The molecule has 7 nitrogen and oxygen atoms in total. The number of aromatic nitrogens is 1. The lowest BCUT2D eigenvalue weighted by atomic mass is 10.2. The van der Waals surface area contributed by atoms with Gasteiger partial charge in [0.1, 0.15) is 11.6 Å². The van der Waals surface area contributed by atoms with Gasteiger partial charge in [-0.3, -0.25) is 9.59 Å². The molecule has 1 saturated heterocycles. The normalized spacial score (nSPS) is 13.5. The topological polar surface area (TPSA) is 74.8 Å². The summed E-state index contributed by atoms with van der Waals surface area (Å²) in [6.45, 7) is 2.40. The van der Waals surface area contributed by atoms with E-state index in [0.29, 0.717) is 53.2 Å². The Balaban J connectivity index is 1.26. The highest BCUT2D eigenvalue weighted by molar-refractivity contribution is 6.31. The zero-order valence-corrected chi connectivity index (χ0v) is 19.2. The first-order valence-electron chi connectivity index (χ1n) is 10.4. The number of hydrogen-bond acceptors (Lipinski definition) is 5. The summed E-state index contributed by atoms with van der Waals surface area (Å²) in [4.78, 5) is 33.2. The SMILES string of the molecule is O=C(COc1ccc(Cl)cc1)Nc1ccc(N2CCN(C(=O)c3cccc(Cl)c3)CC2)nc1. The molecule has 170 valence electrons. The quantitative estimate of drug-likeness (QED) is 0.562. The third kappa shape index (κ3) is 6.15. The summed E-state index contributed by atoms with van der Waals surface area (Å²) in [6.07, 6.45) is 1.61. The first kappa shape index (κ1) is 22.9.